The van der Waals surface area contributed by atoms with Crippen LogP contribution in [0.5, 0.6) is 6.01 Å². The molecular formula is C20H25N5O2S. The number of nitrogens with two attached hydrogens (primary N) is 1. The average Bonchev–Trinajstić information content (AvgIpc) is 2.70. The van der Waals surface area contributed by atoms with E-state index in [2.05, 4.69) is 33.9 Å². The van der Waals surface area contributed by atoms with E-state index in [-0.39, 0.29) is 11.0 Å². The van der Waals surface area contributed by atoms with Gasteiger partial charge in [0.1, 0.15) is 12.5 Å². The Morgan fingerprint density at radius 2 is 2.14 bits per heavy atom. The maximum absolute atomic E-state index is 9.19. The van der Waals surface area contributed by atoms with Crippen molar-refractivity contribution in [3.8, 4) is 12.1 Å². The molecule has 148 valence electrons. The third kappa shape index (κ3) is 6.53. The molecule has 0 amide bonds. The molecule has 2 aromatic rings. The molecule has 7 nitrogen and oxygen atoms in total. The van der Waals surface area contributed by atoms with Crippen molar-refractivity contribution >= 4 is 17.2 Å². The van der Waals surface area contributed by atoms with Crippen molar-refractivity contribution in [2.24, 2.45) is 5.73 Å². The Hall–Kier alpha value is -2.60. The van der Waals surface area contributed by atoms with Crippen LogP contribution in [0.2, 0.25) is 0 Å². The number of hydrogen-bond acceptors (Lipinski definition) is 7. The van der Waals surface area contributed by atoms with Crippen LogP contribution in [0, 0.1) is 11.3 Å². The van der Waals surface area contributed by atoms with Gasteiger partial charge in [0.2, 0.25) is 0 Å². The van der Waals surface area contributed by atoms with Crippen LogP contribution < -0.4 is 10.5 Å². The maximum Gasteiger partial charge on any atom is 0.316 e. The molecule has 0 aliphatic rings. The Labute approximate surface area is 171 Å². The normalized spacial score (nSPS) is 11.8. The molecule has 0 spiro atoms. The summed E-state index contributed by atoms with van der Waals surface area (Å²) in [5, 5.41) is 9.19. The lowest BCUT2D eigenvalue weighted by Gasteiger charge is -2.20. The summed E-state index contributed by atoms with van der Waals surface area (Å²) < 4.78 is 10.9. The molecule has 0 fully saturated rings. The molecule has 1 atom stereocenters. The van der Waals surface area contributed by atoms with Gasteiger partial charge in [0.05, 0.1) is 23.4 Å². The van der Waals surface area contributed by atoms with Crippen molar-refractivity contribution in [2.75, 3.05) is 26.8 Å². The summed E-state index contributed by atoms with van der Waals surface area (Å²) >= 11 is 4.91. The zero-order valence-corrected chi connectivity index (χ0v) is 17.0. The van der Waals surface area contributed by atoms with Crippen molar-refractivity contribution in [3.05, 3.63) is 53.3 Å². The minimum Gasteiger partial charge on any atom is -0.459 e. The molecule has 8 heteroatoms. The monoisotopic (exact) mass is 399 g/mol. The van der Waals surface area contributed by atoms with Gasteiger partial charge in [-0.05, 0) is 23.7 Å². The van der Waals surface area contributed by atoms with Gasteiger partial charge in [-0.15, -0.1) is 0 Å². The van der Waals surface area contributed by atoms with Crippen molar-refractivity contribution in [1.29, 1.82) is 5.26 Å². The first kappa shape index (κ1) is 21.7. The Morgan fingerprint density at radius 1 is 1.36 bits per heavy atom. The highest BCUT2D eigenvalue weighted by Gasteiger charge is 2.16. The fourth-order valence-electron chi connectivity index (χ4n) is 2.65. The number of benzene rings is 1. The summed E-state index contributed by atoms with van der Waals surface area (Å²) in [6.45, 7) is 5.85. The van der Waals surface area contributed by atoms with Gasteiger partial charge in [0.25, 0.3) is 0 Å². The van der Waals surface area contributed by atoms with Crippen molar-refractivity contribution in [2.45, 2.75) is 26.0 Å². The summed E-state index contributed by atoms with van der Waals surface area (Å²) in [6.07, 6.45) is 1.53. The van der Waals surface area contributed by atoms with Gasteiger partial charge in [-0.25, -0.2) is 4.98 Å². The fourth-order valence-corrected chi connectivity index (χ4v) is 2.83. The number of thiocarbonyl (C=S) groups is 1. The van der Waals surface area contributed by atoms with E-state index in [0.29, 0.717) is 18.9 Å². The van der Waals surface area contributed by atoms with E-state index in [1.165, 1.54) is 11.8 Å². The summed E-state index contributed by atoms with van der Waals surface area (Å²) in [5.41, 5.74) is 8.24. The summed E-state index contributed by atoms with van der Waals surface area (Å²) in [5.74, 6) is -0.754. The summed E-state index contributed by atoms with van der Waals surface area (Å²) in [6, 6.07) is 12.0. The van der Waals surface area contributed by atoms with Gasteiger partial charge in [-0.3, -0.25) is 4.90 Å². The second kappa shape index (κ2) is 11.3. The lowest BCUT2D eigenvalue weighted by Crippen LogP contribution is -2.26. The highest BCUT2D eigenvalue weighted by molar-refractivity contribution is 7.80. The first-order chi connectivity index (χ1) is 13.6. The van der Waals surface area contributed by atoms with Crippen molar-refractivity contribution in [1.82, 2.24) is 14.9 Å². The molecule has 0 aliphatic heterocycles. The summed E-state index contributed by atoms with van der Waals surface area (Å²) in [7, 11) is 1.71. The van der Waals surface area contributed by atoms with Crippen LogP contribution in [-0.2, 0) is 17.9 Å². The SMILES string of the molecule is CCN(CCOC)Cc1cccc(COc2nccc(C(C#N)C(N)=S)n2)c1. The highest BCUT2D eigenvalue weighted by Crippen LogP contribution is 2.16. The minimum atomic E-state index is -0.754. The second-order valence-electron chi connectivity index (χ2n) is 6.20. The molecule has 0 saturated heterocycles. The van der Waals surface area contributed by atoms with E-state index in [9.17, 15) is 5.26 Å². The Bertz CT molecular complexity index is 824. The average molecular weight is 400 g/mol. The Kier molecular flexibility index (Phi) is 8.75. The minimum absolute atomic E-state index is 0.0776. The molecular weight excluding hydrogens is 374 g/mol. The largest absolute Gasteiger partial charge is 0.459 e. The van der Waals surface area contributed by atoms with E-state index in [1.807, 2.05) is 18.2 Å². The Morgan fingerprint density at radius 3 is 2.82 bits per heavy atom. The zero-order valence-electron chi connectivity index (χ0n) is 16.2. The van der Waals surface area contributed by atoms with Gasteiger partial charge in [-0.1, -0.05) is 43.4 Å². The molecule has 28 heavy (non-hydrogen) atoms. The topological polar surface area (TPSA) is 97.3 Å². The van der Waals surface area contributed by atoms with Gasteiger partial charge in [0, 0.05) is 26.4 Å². The number of nitrogens with zero attached hydrogens (tertiary/aromatic N) is 4. The highest BCUT2D eigenvalue weighted by atomic mass is 32.1. The van der Waals surface area contributed by atoms with Crippen molar-refractivity contribution in [3.63, 3.8) is 0 Å². The number of ether oxygens (including phenoxy) is 2. The first-order valence-electron chi connectivity index (χ1n) is 9.01. The molecule has 1 unspecified atom stereocenters. The molecule has 1 aromatic heterocycles. The van der Waals surface area contributed by atoms with Crippen LogP contribution in [0.1, 0.15) is 29.7 Å². The van der Waals surface area contributed by atoms with Crippen molar-refractivity contribution < 1.29 is 9.47 Å². The number of nitriles is 1. The number of methoxy groups -OCH3 is 1. The van der Waals surface area contributed by atoms with Gasteiger partial charge in [-0.2, -0.15) is 10.2 Å². The maximum atomic E-state index is 9.19. The van der Waals surface area contributed by atoms with Crippen LogP contribution in [0.4, 0.5) is 0 Å². The molecule has 0 aliphatic carbocycles. The van der Waals surface area contributed by atoms with Crippen LogP contribution in [0.15, 0.2) is 36.5 Å². The second-order valence-corrected chi connectivity index (χ2v) is 6.67. The van der Waals surface area contributed by atoms with E-state index >= 15 is 0 Å². The fraction of sp³-hybridized carbons (Fsp3) is 0.400. The van der Waals surface area contributed by atoms with E-state index < -0.39 is 5.92 Å². The van der Waals surface area contributed by atoms with Crippen LogP contribution in [0.3, 0.4) is 0 Å². The molecule has 0 saturated carbocycles. The molecule has 0 radical (unpaired) electrons. The standard InChI is InChI=1S/C20H25N5O2S/c1-3-25(9-10-26-2)13-15-5-4-6-16(11-15)14-27-20-23-8-7-18(24-20)17(12-21)19(22)28/h4-8,11,17H,3,9-10,13-14H2,1-2H3,(H2,22,28). The molecule has 1 heterocycles. The van der Waals surface area contributed by atoms with E-state index in [0.717, 1.165) is 25.2 Å². The zero-order chi connectivity index (χ0) is 20.4. The predicted molar refractivity (Wildman–Crippen MR) is 111 cm³/mol. The molecule has 1 aromatic carbocycles. The number of rotatable bonds is 11. The van der Waals surface area contributed by atoms with Gasteiger partial charge >= 0.3 is 6.01 Å². The van der Waals surface area contributed by atoms with E-state index in [4.69, 9.17) is 27.4 Å². The van der Waals surface area contributed by atoms with Crippen LogP contribution in [0.25, 0.3) is 0 Å². The van der Waals surface area contributed by atoms with Gasteiger partial charge < -0.3 is 15.2 Å². The molecule has 2 N–H and O–H groups in total. The summed E-state index contributed by atoms with van der Waals surface area (Å²) in [4.78, 5) is 10.7. The molecule has 0 bridgehead atoms. The first-order valence-corrected chi connectivity index (χ1v) is 9.42. The lowest BCUT2D eigenvalue weighted by atomic mass is 10.1. The van der Waals surface area contributed by atoms with Crippen LogP contribution >= 0.6 is 12.2 Å². The molecule has 2 rings (SSSR count). The Balaban J connectivity index is 2.01. The number of likely N-dealkylation sites (N-methyl/N-ethyl adjacent to an activating group) is 1. The lowest BCUT2D eigenvalue weighted by molar-refractivity contribution is 0.147. The van der Waals surface area contributed by atoms with Crippen LogP contribution in [-0.4, -0.2) is 46.7 Å². The number of aromatic nitrogens is 2. The third-order valence-electron chi connectivity index (χ3n) is 4.19. The quantitative estimate of drug-likeness (QED) is 0.575. The smallest absolute Gasteiger partial charge is 0.316 e. The van der Waals surface area contributed by atoms with E-state index in [1.54, 1.807) is 13.2 Å². The number of hydrogen-bond donors (Lipinski definition) is 1. The van der Waals surface area contributed by atoms with Gasteiger partial charge in [0.15, 0.2) is 0 Å². The predicted octanol–water partition coefficient (Wildman–Crippen LogP) is 2.42. The third-order valence-corrected chi connectivity index (χ3v) is 4.42.